The van der Waals surface area contributed by atoms with Gasteiger partial charge in [-0.2, -0.15) is 0 Å². The average molecular weight is 294 g/mol. The van der Waals surface area contributed by atoms with Gasteiger partial charge in [-0.05, 0) is 5.56 Å². The largest absolute Gasteiger partial charge is 0.481 e. The molecule has 0 bridgehead atoms. The van der Waals surface area contributed by atoms with E-state index in [1.807, 2.05) is 30.3 Å². The van der Waals surface area contributed by atoms with Crippen LogP contribution in [0.2, 0.25) is 0 Å². The Morgan fingerprint density at radius 1 is 1.33 bits per heavy atom. The molecule has 0 spiro atoms. The number of hydrogen-bond acceptors (Lipinski definition) is 3. The van der Waals surface area contributed by atoms with Crippen molar-refractivity contribution in [3.63, 3.8) is 0 Å². The van der Waals surface area contributed by atoms with E-state index < -0.39 is 5.97 Å². The van der Waals surface area contributed by atoms with Crippen molar-refractivity contribution in [2.24, 2.45) is 0 Å². The van der Waals surface area contributed by atoms with Gasteiger partial charge in [0, 0.05) is 33.7 Å². The van der Waals surface area contributed by atoms with Crippen LogP contribution in [0, 0.1) is 0 Å². The SMILES string of the molecule is COC(CNC(=O)N(C)CCC(=O)O)Cc1ccccc1. The fourth-order valence-corrected chi connectivity index (χ4v) is 1.82. The van der Waals surface area contributed by atoms with E-state index in [-0.39, 0.29) is 25.1 Å². The van der Waals surface area contributed by atoms with Gasteiger partial charge in [0.1, 0.15) is 0 Å². The maximum atomic E-state index is 11.8. The number of ether oxygens (including phenoxy) is 1. The highest BCUT2D eigenvalue weighted by atomic mass is 16.5. The van der Waals surface area contributed by atoms with E-state index >= 15 is 0 Å². The summed E-state index contributed by atoms with van der Waals surface area (Å²) in [4.78, 5) is 23.6. The van der Waals surface area contributed by atoms with Crippen LogP contribution in [0.25, 0.3) is 0 Å². The number of nitrogens with one attached hydrogen (secondary N) is 1. The second-order valence-corrected chi connectivity index (χ2v) is 4.80. The standard InChI is InChI=1S/C15H22N2O4/c1-17(9-8-14(18)19)15(20)16-11-13(21-2)10-12-6-4-3-5-7-12/h3-7,13H,8-11H2,1-2H3,(H,16,20)(H,18,19). The van der Waals surface area contributed by atoms with E-state index in [1.165, 1.54) is 4.90 Å². The molecule has 1 atom stereocenters. The van der Waals surface area contributed by atoms with Gasteiger partial charge in [0.2, 0.25) is 0 Å². The summed E-state index contributed by atoms with van der Waals surface area (Å²) in [5.41, 5.74) is 1.14. The summed E-state index contributed by atoms with van der Waals surface area (Å²) in [6.45, 7) is 0.555. The molecule has 0 heterocycles. The third-order valence-corrected chi connectivity index (χ3v) is 3.13. The fraction of sp³-hybridized carbons (Fsp3) is 0.467. The molecule has 0 radical (unpaired) electrons. The molecule has 0 saturated heterocycles. The van der Waals surface area contributed by atoms with Gasteiger partial charge < -0.3 is 20.1 Å². The molecule has 0 saturated carbocycles. The maximum Gasteiger partial charge on any atom is 0.317 e. The van der Waals surface area contributed by atoms with Crippen molar-refractivity contribution in [3.05, 3.63) is 35.9 Å². The Kier molecular flexibility index (Phi) is 7.25. The molecule has 1 aromatic carbocycles. The van der Waals surface area contributed by atoms with E-state index in [0.29, 0.717) is 13.0 Å². The molecule has 0 aliphatic carbocycles. The lowest BCUT2D eigenvalue weighted by molar-refractivity contribution is -0.137. The second-order valence-electron chi connectivity index (χ2n) is 4.80. The number of carboxylic acids is 1. The van der Waals surface area contributed by atoms with Crippen LogP contribution in [0.4, 0.5) is 4.79 Å². The van der Waals surface area contributed by atoms with E-state index in [0.717, 1.165) is 5.56 Å². The number of carbonyl (C=O) groups is 2. The first-order chi connectivity index (χ1) is 10.0. The van der Waals surface area contributed by atoms with Gasteiger partial charge in [0.05, 0.1) is 12.5 Å². The highest BCUT2D eigenvalue weighted by Crippen LogP contribution is 2.05. The van der Waals surface area contributed by atoms with Gasteiger partial charge >= 0.3 is 12.0 Å². The van der Waals surface area contributed by atoms with Crippen molar-refractivity contribution < 1.29 is 19.4 Å². The Labute approximate surface area is 124 Å². The normalized spacial score (nSPS) is 11.7. The number of nitrogens with zero attached hydrogens (tertiary/aromatic N) is 1. The number of carbonyl (C=O) groups excluding carboxylic acids is 1. The molecule has 0 aliphatic heterocycles. The summed E-state index contributed by atoms with van der Waals surface area (Å²) in [6, 6.07) is 9.58. The minimum atomic E-state index is -0.923. The number of urea groups is 1. The van der Waals surface area contributed by atoms with Gasteiger partial charge in [0.15, 0.2) is 0 Å². The Morgan fingerprint density at radius 2 is 2.00 bits per heavy atom. The van der Waals surface area contributed by atoms with E-state index in [9.17, 15) is 9.59 Å². The maximum absolute atomic E-state index is 11.8. The lowest BCUT2D eigenvalue weighted by atomic mass is 10.1. The predicted molar refractivity (Wildman–Crippen MR) is 79.2 cm³/mol. The molecule has 0 fully saturated rings. The quantitative estimate of drug-likeness (QED) is 0.759. The summed E-state index contributed by atoms with van der Waals surface area (Å²) < 4.78 is 5.36. The second kappa shape index (κ2) is 8.97. The minimum absolute atomic E-state index is 0.0678. The van der Waals surface area contributed by atoms with Crippen LogP contribution in [0.1, 0.15) is 12.0 Å². The summed E-state index contributed by atoms with van der Waals surface area (Å²) in [7, 11) is 3.17. The zero-order valence-corrected chi connectivity index (χ0v) is 12.4. The van der Waals surface area contributed by atoms with Crippen LogP contribution in [0.5, 0.6) is 0 Å². The molecular weight excluding hydrogens is 272 g/mol. The van der Waals surface area contributed by atoms with Crippen LogP contribution in [0.3, 0.4) is 0 Å². The van der Waals surface area contributed by atoms with Crippen molar-refractivity contribution in [3.8, 4) is 0 Å². The van der Waals surface area contributed by atoms with Crippen molar-refractivity contribution in [1.29, 1.82) is 0 Å². The predicted octanol–water partition coefficient (Wildman–Crippen LogP) is 1.36. The molecule has 1 rings (SSSR count). The number of aliphatic carboxylic acids is 1. The molecule has 6 heteroatoms. The molecule has 6 nitrogen and oxygen atoms in total. The molecular formula is C15H22N2O4. The first-order valence-corrected chi connectivity index (χ1v) is 6.80. The van der Waals surface area contributed by atoms with Crippen molar-refractivity contribution in [1.82, 2.24) is 10.2 Å². The minimum Gasteiger partial charge on any atom is -0.481 e. The molecule has 1 unspecified atom stereocenters. The van der Waals surface area contributed by atoms with E-state index in [4.69, 9.17) is 9.84 Å². The Balaban J connectivity index is 2.37. The van der Waals surface area contributed by atoms with Crippen LogP contribution in [-0.2, 0) is 16.0 Å². The number of methoxy groups -OCH3 is 1. The molecule has 2 amide bonds. The van der Waals surface area contributed by atoms with Gasteiger partial charge in [0.25, 0.3) is 0 Å². The van der Waals surface area contributed by atoms with Crippen molar-refractivity contribution in [2.75, 3.05) is 27.2 Å². The highest BCUT2D eigenvalue weighted by Gasteiger charge is 2.13. The molecule has 0 aliphatic rings. The van der Waals surface area contributed by atoms with Gasteiger partial charge in [-0.3, -0.25) is 4.79 Å². The van der Waals surface area contributed by atoms with Crippen molar-refractivity contribution in [2.45, 2.75) is 18.9 Å². The van der Waals surface area contributed by atoms with Gasteiger partial charge in [-0.1, -0.05) is 30.3 Å². The van der Waals surface area contributed by atoms with Crippen LogP contribution >= 0.6 is 0 Å². The zero-order chi connectivity index (χ0) is 15.7. The smallest absolute Gasteiger partial charge is 0.317 e. The van der Waals surface area contributed by atoms with E-state index in [1.54, 1.807) is 14.2 Å². The van der Waals surface area contributed by atoms with Gasteiger partial charge in [-0.25, -0.2) is 4.79 Å². The first kappa shape index (κ1) is 17.0. The summed E-state index contributed by atoms with van der Waals surface area (Å²) >= 11 is 0. The van der Waals surface area contributed by atoms with Crippen LogP contribution in [0.15, 0.2) is 30.3 Å². The highest BCUT2D eigenvalue weighted by molar-refractivity contribution is 5.75. The number of benzene rings is 1. The van der Waals surface area contributed by atoms with Crippen LogP contribution < -0.4 is 5.32 Å². The average Bonchev–Trinajstić information content (AvgIpc) is 2.49. The van der Waals surface area contributed by atoms with Gasteiger partial charge in [-0.15, -0.1) is 0 Å². The number of rotatable bonds is 8. The fourth-order valence-electron chi connectivity index (χ4n) is 1.82. The third-order valence-electron chi connectivity index (χ3n) is 3.13. The van der Waals surface area contributed by atoms with Crippen LogP contribution in [-0.4, -0.2) is 55.4 Å². The Morgan fingerprint density at radius 3 is 2.57 bits per heavy atom. The Bertz CT molecular complexity index is 450. The molecule has 2 N–H and O–H groups in total. The lowest BCUT2D eigenvalue weighted by Crippen LogP contribution is -2.42. The summed E-state index contributed by atoms with van der Waals surface area (Å²) in [5, 5.41) is 11.3. The zero-order valence-electron chi connectivity index (χ0n) is 12.4. The topological polar surface area (TPSA) is 78.9 Å². The Hall–Kier alpha value is -2.08. The summed E-state index contributed by atoms with van der Waals surface area (Å²) in [5.74, 6) is -0.923. The monoisotopic (exact) mass is 294 g/mol. The molecule has 0 aromatic heterocycles. The molecule has 1 aromatic rings. The third kappa shape index (κ3) is 6.76. The number of hydrogen-bond donors (Lipinski definition) is 2. The first-order valence-electron chi connectivity index (χ1n) is 6.80. The molecule has 21 heavy (non-hydrogen) atoms. The van der Waals surface area contributed by atoms with Crippen molar-refractivity contribution >= 4 is 12.0 Å². The number of amides is 2. The number of carboxylic acid groups (broad SMARTS) is 1. The molecule has 116 valence electrons. The lowest BCUT2D eigenvalue weighted by Gasteiger charge is -2.20. The summed E-state index contributed by atoms with van der Waals surface area (Å²) in [6.07, 6.45) is 0.516. The van der Waals surface area contributed by atoms with E-state index in [2.05, 4.69) is 5.32 Å².